The third kappa shape index (κ3) is 5.74. The Bertz CT molecular complexity index is 1000. The topological polar surface area (TPSA) is 81.2 Å². The zero-order valence-corrected chi connectivity index (χ0v) is 20.2. The Morgan fingerprint density at radius 2 is 1.81 bits per heavy atom. The number of allylic oxidation sites excluding steroid dienone is 1. The van der Waals surface area contributed by atoms with E-state index in [0.717, 1.165) is 6.04 Å². The van der Waals surface area contributed by atoms with E-state index in [-0.39, 0.29) is 11.7 Å². The molecule has 0 bridgehead atoms. The number of ether oxygens (including phenoxy) is 1. The van der Waals surface area contributed by atoms with Crippen LogP contribution >= 0.6 is 0 Å². The fraction of sp³-hybridized carbons (Fsp3) is 0.417. The molecule has 0 saturated carbocycles. The van der Waals surface area contributed by atoms with Crippen LogP contribution in [0, 0.1) is 5.41 Å². The summed E-state index contributed by atoms with van der Waals surface area (Å²) in [5, 5.41) is 2.78. The van der Waals surface area contributed by atoms with E-state index in [1.54, 1.807) is 24.3 Å². The van der Waals surface area contributed by atoms with Crippen molar-refractivity contribution in [3.8, 4) is 0 Å². The summed E-state index contributed by atoms with van der Waals surface area (Å²) in [6.07, 6.45) is 2.94. The number of anilines is 1. The smallest absolute Gasteiger partial charge is 0.256 e. The van der Waals surface area contributed by atoms with Gasteiger partial charge in [-0.2, -0.15) is 0 Å². The minimum absolute atomic E-state index is 0.0223. The molecule has 1 aromatic carbocycles. The quantitative estimate of drug-likeness (QED) is 0.607. The van der Waals surface area contributed by atoms with Gasteiger partial charge in [-0.1, -0.05) is 58.6 Å². The molecule has 7 heteroatoms. The zero-order chi connectivity index (χ0) is 22.8. The van der Waals surface area contributed by atoms with E-state index >= 15 is 0 Å². The van der Waals surface area contributed by atoms with Gasteiger partial charge in [0.2, 0.25) is 0 Å². The summed E-state index contributed by atoms with van der Waals surface area (Å²) in [4.78, 5) is 34.7. The van der Waals surface area contributed by atoms with Crippen molar-refractivity contribution >= 4 is 31.2 Å². The molecule has 0 saturated heterocycles. The number of nitrogens with one attached hydrogen (secondary N) is 1. The van der Waals surface area contributed by atoms with Gasteiger partial charge in [0.25, 0.3) is 5.91 Å². The van der Waals surface area contributed by atoms with Crippen LogP contribution < -0.4 is 5.32 Å². The van der Waals surface area contributed by atoms with Crippen molar-refractivity contribution in [3.63, 3.8) is 0 Å². The maximum absolute atomic E-state index is 13.1. The predicted octanol–water partition coefficient (Wildman–Crippen LogP) is 5.14. The molecular formula is C24H31N3O3Si. The van der Waals surface area contributed by atoms with Crippen molar-refractivity contribution in [3.05, 3.63) is 59.6 Å². The average Bonchev–Trinajstić information content (AvgIpc) is 3.04. The van der Waals surface area contributed by atoms with Gasteiger partial charge in [0.05, 0.1) is 11.9 Å². The number of nitrogens with zero attached hydrogens (tertiary/aromatic N) is 2. The number of hydrogen-bond acceptors (Lipinski definition) is 5. The van der Waals surface area contributed by atoms with Gasteiger partial charge < -0.3 is 10.1 Å². The number of fused-ring (bicyclic) bond motifs is 1. The van der Waals surface area contributed by atoms with Crippen molar-refractivity contribution in [2.75, 3.05) is 11.9 Å². The molecule has 1 aromatic heterocycles. The number of hydrogen-bond donors (Lipinski definition) is 1. The van der Waals surface area contributed by atoms with E-state index in [9.17, 15) is 9.59 Å². The minimum atomic E-state index is -1.25. The van der Waals surface area contributed by atoms with E-state index in [0.29, 0.717) is 34.9 Å². The van der Waals surface area contributed by atoms with Crippen LogP contribution in [-0.4, -0.2) is 36.3 Å². The zero-order valence-electron chi connectivity index (χ0n) is 19.2. The molecule has 164 valence electrons. The second-order valence-electron chi connectivity index (χ2n) is 10.1. The van der Waals surface area contributed by atoms with Gasteiger partial charge in [-0.3, -0.25) is 14.6 Å². The fourth-order valence-corrected chi connectivity index (χ4v) is 3.89. The molecule has 0 radical (unpaired) electrons. The number of Topliss-reactive ketones (excluding diaryl/α,β-unsaturated/α-hetero) is 1. The Labute approximate surface area is 185 Å². The monoisotopic (exact) mass is 437 g/mol. The van der Waals surface area contributed by atoms with Gasteiger partial charge in [-0.05, 0) is 24.3 Å². The van der Waals surface area contributed by atoms with E-state index in [1.165, 1.54) is 6.20 Å². The molecule has 0 aliphatic heterocycles. The van der Waals surface area contributed by atoms with Crippen molar-refractivity contribution in [2.24, 2.45) is 5.41 Å². The van der Waals surface area contributed by atoms with Gasteiger partial charge in [-0.15, -0.1) is 0 Å². The predicted molar refractivity (Wildman–Crippen MR) is 126 cm³/mol. The average molecular weight is 438 g/mol. The number of aromatic nitrogens is 2. The number of benzene rings is 1. The Balaban J connectivity index is 1.88. The van der Waals surface area contributed by atoms with Gasteiger partial charge in [0.1, 0.15) is 11.8 Å². The SMILES string of the molecule is CC(C)(C)C(=O)C1=CC(OCC[Si](C)(C)C)c2ncc(NC(=O)c3ccccc3)nc21. The maximum Gasteiger partial charge on any atom is 0.256 e. The van der Waals surface area contributed by atoms with Crippen molar-refractivity contribution < 1.29 is 14.3 Å². The summed E-state index contributed by atoms with van der Waals surface area (Å²) in [6, 6.07) is 9.93. The first kappa shape index (κ1) is 23.0. The first-order valence-corrected chi connectivity index (χ1v) is 14.3. The van der Waals surface area contributed by atoms with Crippen LogP contribution in [0.4, 0.5) is 5.82 Å². The minimum Gasteiger partial charge on any atom is -0.368 e. The van der Waals surface area contributed by atoms with E-state index in [4.69, 9.17) is 4.74 Å². The lowest BCUT2D eigenvalue weighted by Crippen LogP contribution is -2.22. The highest BCUT2D eigenvalue weighted by Crippen LogP contribution is 2.38. The normalized spacial score (nSPS) is 15.9. The third-order valence-electron chi connectivity index (χ3n) is 5.00. The van der Waals surface area contributed by atoms with Crippen LogP contribution in [0.2, 0.25) is 25.7 Å². The number of carbonyl (C=O) groups excluding carboxylic acids is 2. The summed E-state index contributed by atoms with van der Waals surface area (Å²) in [5.74, 6) is 0.0114. The first-order chi connectivity index (χ1) is 14.5. The number of amides is 1. The molecule has 0 fully saturated rings. The van der Waals surface area contributed by atoms with Crippen LogP contribution in [0.1, 0.15) is 48.6 Å². The summed E-state index contributed by atoms with van der Waals surface area (Å²) in [5.41, 5.74) is 1.58. The van der Waals surface area contributed by atoms with E-state index in [1.807, 2.05) is 32.9 Å². The van der Waals surface area contributed by atoms with Crippen LogP contribution in [-0.2, 0) is 9.53 Å². The highest BCUT2D eigenvalue weighted by molar-refractivity contribution is 6.76. The van der Waals surface area contributed by atoms with E-state index in [2.05, 4.69) is 34.9 Å². The molecule has 1 aliphatic carbocycles. The van der Waals surface area contributed by atoms with Crippen molar-refractivity contribution in [1.29, 1.82) is 0 Å². The number of rotatable bonds is 7. The van der Waals surface area contributed by atoms with Gasteiger partial charge >= 0.3 is 0 Å². The summed E-state index contributed by atoms with van der Waals surface area (Å²) in [7, 11) is -1.25. The van der Waals surface area contributed by atoms with E-state index < -0.39 is 19.6 Å². The van der Waals surface area contributed by atoms with Crippen LogP contribution in [0.3, 0.4) is 0 Å². The number of ketones is 1. The molecule has 6 nitrogen and oxygen atoms in total. The van der Waals surface area contributed by atoms with Gasteiger partial charge in [-0.25, -0.2) is 4.98 Å². The molecule has 1 unspecified atom stereocenters. The molecule has 0 spiro atoms. The van der Waals surface area contributed by atoms with Crippen molar-refractivity contribution in [2.45, 2.75) is 52.6 Å². The lowest BCUT2D eigenvalue weighted by Gasteiger charge is -2.18. The molecule has 31 heavy (non-hydrogen) atoms. The summed E-state index contributed by atoms with van der Waals surface area (Å²) in [6.45, 7) is 13.1. The Kier molecular flexibility index (Phi) is 6.57. The molecule has 3 rings (SSSR count). The van der Waals surface area contributed by atoms with Gasteiger partial charge in [0, 0.05) is 31.2 Å². The van der Waals surface area contributed by atoms with Crippen molar-refractivity contribution in [1.82, 2.24) is 9.97 Å². The molecule has 1 amide bonds. The highest BCUT2D eigenvalue weighted by atomic mass is 28.3. The highest BCUT2D eigenvalue weighted by Gasteiger charge is 2.36. The largest absolute Gasteiger partial charge is 0.368 e. The second-order valence-corrected chi connectivity index (χ2v) is 15.7. The molecule has 1 atom stereocenters. The second kappa shape index (κ2) is 8.84. The molecular weight excluding hydrogens is 406 g/mol. The Morgan fingerprint density at radius 3 is 2.42 bits per heavy atom. The molecule has 1 aliphatic rings. The molecule has 1 N–H and O–H groups in total. The van der Waals surface area contributed by atoms with Gasteiger partial charge in [0.15, 0.2) is 11.6 Å². The third-order valence-corrected chi connectivity index (χ3v) is 6.70. The Morgan fingerprint density at radius 1 is 1.13 bits per heavy atom. The maximum atomic E-state index is 13.1. The lowest BCUT2D eigenvalue weighted by atomic mass is 9.86. The van der Waals surface area contributed by atoms with Crippen LogP contribution in [0.25, 0.3) is 5.57 Å². The van der Waals surface area contributed by atoms with Crippen LogP contribution in [0.15, 0.2) is 42.6 Å². The first-order valence-electron chi connectivity index (χ1n) is 10.6. The fourth-order valence-electron chi connectivity index (χ4n) is 3.16. The van der Waals surface area contributed by atoms with Crippen LogP contribution in [0.5, 0.6) is 0 Å². The number of carbonyl (C=O) groups is 2. The summed E-state index contributed by atoms with van der Waals surface area (Å²) >= 11 is 0. The summed E-state index contributed by atoms with van der Waals surface area (Å²) < 4.78 is 6.11. The lowest BCUT2D eigenvalue weighted by molar-refractivity contribution is -0.120. The molecule has 1 heterocycles. The standard InChI is InChI=1S/C24H31N3O3Si/c1-24(2,3)22(28)17-14-18(30-12-13-31(4,5)6)21-20(17)26-19(15-25-21)27-23(29)16-10-8-7-9-11-16/h7-11,14-15,18H,12-13H2,1-6H3,(H,26,27,29). The molecule has 2 aromatic rings. The Hall–Kier alpha value is -2.64.